The van der Waals surface area contributed by atoms with Crippen LogP contribution in [0.3, 0.4) is 0 Å². The quantitative estimate of drug-likeness (QED) is 0.0463. The number of nitrogens with one attached hydrogen (secondary N) is 5. The highest BCUT2D eigenvalue weighted by Crippen LogP contribution is 2.25. The standard InChI is InChI=1S/C33H40BrN7O5.C2HF3O2/c34-18-17-28(43)36-20-21-38-33(46)41-32(35)37-19-7-12-27(30(44)39-22-23-13-15-26(42)16-14-23)40-31(45)29(24-8-3-1-4-9-24)25-10-5-2-6-11-25;3-2(4,5)1(6)7/h1-6,8-11,13-16,27,29,42H,7,12,17-22H2,(H,36,43)(H,39,44)(H,40,45)(H4,35,37,38,41,46);(H,6,7)/t27-;/m1./s1. The summed E-state index contributed by atoms with van der Waals surface area (Å²) < 4.78 is 31.7. The molecule has 286 valence electrons. The van der Waals surface area contributed by atoms with Gasteiger partial charge in [-0.1, -0.05) is 88.7 Å². The molecule has 3 rings (SSSR count). The van der Waals surface area contributed by atoms with Gasteiger partial charge >= 0.3 is 18.2 Å². The fraction of sp³-hybridized carbons (Fsp3) is 0.314. The molecule has 0 aliphatic rings. The smallest absolute Gasteiger partial charge is 0.490 e. The van der Waals surface area contributed by atoms with E-state index in [1.165, 1.54) is 12.1 Å². The molecule has 0 saturated carbocycles. The third-order valence-corrected chi connectivity index (χ3v) is 7.43. The minimum atomic E-state index is -5.08. The molecule has 0 unspecified atom stereocenters. The Balaban J connectivity index is 0.00000126. The number of amides is 5. The number of aliphatic imine (C=N–C) groups is 1. The topological polar surface area (TPSA) is 224 Å². The number of urea groups is 1. The van der Waals surface area contributed by atoms with Gasteiger partial charge in [0.15, 0.2) is 5.96 Å². The van der Waals surface area contributed by atoms with Gasteiger partial charge in [0.25, 0.3) is 0 Å². The fourth-order valence-electron chi connectivity index (χ4n) is 4.48. The minimum absolute atomic E-state index is 0.105. The summed E-state index contributed by atoms with van der Waals surface area (Å²) in [6, 6.07) is 23.7. The van der Waals surface area contributed by atoms with E-state index in [9.17, 15) is 37.5 Å². The molecule has 0 saturated heterocycles. The number of aromatic hydroxyl groups is 1. The number of carboxylic acids is 1. The molecule has 0 spiro atoms. The summed E-state index contributed by atoms with van der Waals surface area (Å²) in [7, 11) is 0. The maximum Gasteiger partial charge on any atom is 0.490 e. The van der Waals surface area contributed by atoms with Crippen LogP contribution in [0.1, 0.15) is 41.9 Å². The van der Waals surface area contributed by atoms with Crippen molar-refractivity contribution in [1.82, 2.24) is 26.6 Å². The van der Waals surface area contributed by atoms with Gasteiger partial charge in [0.2, 0.25) is 17.7 Å². The Labute approximate surface area is 312 Å². The van der Waals surface area contributed by atoms with Gasteiger partial charge in [-0.05, 0) is 41.7 Å². The second kappa shape index (κ2) is 23.0. The lowest BCUT2D eigenvalue weighted by molar-refractivity contribution is -0.192. The number of nitrogens with two attached hydrogens (primary N) is 1. The summed E-state index contributed by atoms with van der Waals surface area (Å²) >= 11 is 3.19. The number of alkyl halides is 4. The molecule has 0 aliphatic carbocycles. The van der Waals surface area contributed by atoms with Crippen molar-refractivity contribution in [2.45, 2.75) is 43.9 Å². The molecular formula is C35H41BrF3N7O7. The predicted octanol–water partition coefficient (Wildman–Crippen LogP) is 3.25. The number of benzene rings is 3. The Hall–Kier alpha value is -5.65. The number of carbonyl (C=O) groups excluding carboxylic acids is 4. The van der Waals surface area contributed by atoms with Crippen LogP contribution in [0.4, 0.5) is 18.0 Å². The van der Waals surface area contributed by atoms with E-state index in [4.69, 9.17) is 15.6 Å². The zero-order chi connectivity index (χ0) is 39.2. The second-order valence-electron chi connectivity index (χ2n) is 11.1. The number of aliphatic carboxylic acids is 1. The van der Waals surface area contributed by atoms with E-state index in [1.807, 2.05) is 60.7 Å². The van der Waals surface area contributed by atoms with Crippen molar-refractivity contribution in [2.24, 2.45) is 10.7 Å². The summed E-state index contributed by atoms with van der Waals surface area (Å²) in [6.07, 6.45) is -4.11. The molecule has 3 aromatic rings. The van der Waals surface area contributed by atoms with Crippen molar-refractivity contribution in [3.8, 4) is 5.75 Å². The second-order valence-corrected chi connectivity index (χ2v) is 11.9. The molecule has 0 aliphatic heterocycles. The van der Waals surface area contributed by atoms with E-state index >= 15 is 0 Å². The lowest BCUT2D eigenvalue weighted by Crippen LogP contribution is -2.48. The summed E-state index contributed by atoms with van der Waals surface area (Å²) in [6.45, 7) is 0.873. The molecule has 9 N–H and O–H groups in total. The largest absolute Gasteiger partial charge is 0.508 e. The number of phenolic OH excluding ortho intramolecular Hbond substituents is 1. The first-order valence-corrected chi connectivity index (χ1v) is 17.3. The Morgan fingerprint density at radius 1 is 0.811 bits per heavy atom. The van der Waals surface area contributed by atoms with Crippen molar-refractivity contribution in [3.05, 3.63) is 102 Å². The highest BCUT2D eigenvalue weighted by atomic mass is 79.9. The third-order valence-electron chi connectivity index (χ3n) is 7.04. The zero-order valence-corrected chi connectivity index (χ0v) is 30.0. The molecule has 5 amide bonds. The number of nitrogens with zero attached hydrogens (tertiary/aromatic N) is 1. The van der Waals surface area contributed by atoms with Crippen LogP contribution >= 0.6 is 15.9 Å². The molecule has 0 aromatic heterocycles. The molecule has 53 heavy (non-hydrogen) atoms. The molecule has 18 heteroatoms. The summed E-state index contributed by atoms with van der Waals surface area (Å²) in [5.74, 6) is -4.21. The van der Waals surface area contributed by atoms with Gasteiger partial charge < -0.3 is 37.2 Å². The highest BCUT2D eigenvalue weighted by Gasteiger charge is 2.38. The average molecular weight is 809 g/mol. The van der Waals surface area contributed by atoms with Crippen molar-refractivity contribution >= 4 is 51.6 Å². The molecule has 0 fully saturated rings. The SMILES string of the molecule is NC(=NCCC[C@@H](NC(=O)C(c1ccccc1)c1ccccc1)C(=O)NCc1ccc(O)cc1)NC(=O)NCCNC(=O)CCBr.O=C(O)C(F)(F)F. The predicted molar refractivity (Wildman–Crippen MR) is 194 cm³/mol. The van der Waals surface area contributed by atoms with Gasteiger partial charge in [0, 0.05) is 37.9 Å². The monoisotopic (exact) mass is 807 g/mol. The van der Waals surface area contributed by atoms with Crippen LogP contribution in [0.2, 0.25) is 0 Å². The Morgan fingerprint density at radius 2 is 1.36 bits per heavy atom. The van der Waals surface area contributed by atoms with Gasteiger partial charge in [-0.15, -0.1) is 0 Å². The molecule has 0 radical (unpaired) electrons. The van der Waals surface area contributed by atoms with E-state index in [2.05, 4.69) is 47.5 Å². The third kappa shape index (κ3) is 17.4. The normalized spacial score (nSPS) is 11.7. The first-order valence-electron chi connectivity index (χ1n) is 16.1. The van der Waals surface area contributed by atoms with Gasteiger partial charge in [0.05, 0.1) is 5.92 Å². The number of carboxylic acid groups (broad SMARTS) is 1. The Bertz CT molecular complexity index is 1610. The first-order chi connectivity index (χ1) is 25.2. The molecule has 0 bridgehead atoms. The zero-order valence-electron chi connectivity index (χ0n) is 28.4. The van der Waals surface area contributed by atoms with Gasteiger partial charge in [0.1, 0.15) is 11.8 Å². The van der Waals surface area contributed by atoms with Crippen molar-refractivity contribution < 1.29 is 47.4 Å². The van der Waals surface area contributed by atoms with Gasteiger partial charge in [-0.25, -0.2) is 9.59 Å². The van der Waals surface area contributed by atoms with E-state index in [0.717, 1.165) is 16.7 Å². The van der Waals surface area contributed by atoms with Crippen LogP contribution in [-0.4, -0.2) is 83.1 Å². The van der Waals surface area contributed by atoms with E-state index < -0.39 is 30.1 Å². The van der Waals surface area contributed by atoms with E-state index in [0.29, 0.717) is 18.2 Å². The molecule has 1 atom stereocenters. The number of carbonyl (C=O) groups is 5. The Kier molecular flexibility index (Phi) is 18.9. The van der Waals surface area contributed by atoms with Gasteiger partial charge in [-0.2, -0.15) is 13.2 Å². The summed E-state index contributed by atoms with van der Waals surface area (Å²) in [5, 5.41) is 30.7. The Morgan fingerprint density at radius 3 is 1.89 bits per heavy atom. The number of halogens is 4. The van der Waals surface area contributed by atoms with E-state index in [1.54, 1.807) is 12.1 Å². The van der Waals surface area contributed by atoms with Crippen LogP contribution in [0, 0.1) is 0 Å². The maximum absolute atomic E-state index is 13.8. The van der Waals surface area contributed by atoms with Crippen LogP contribution in [-0.2, 0) is 25.7 Å². The first kappa shape index (κ1) is 43.5. The number of phenols is 1. The number of hydrogen-bond donors (Lipinski definition) is 8. The summed E-state index contributed by atoms with van der Waals surface area (Å²) in [5.41, 5.74) is 8.21. The van der Waals surface area contributed by atoms with Crippen LogP contribution in [0.15, 0.2) is 89.9 Å². The molecular weight excluding hydrogens is 767 g/mol. The fourth-order valence-corrected chi connectivity index (χ4v) is 4.84. The van der Waals surface area contributed by atoms with Crippen LogP contribution in [0.25, 0.3) is 0 Å². The maximum atomic E-state index is 13.8. The number of rotatable bonds is 16. The van der Waals surface area contributed by atoms with Crippen molar-refractivity contribution in [2.75, 3.05) is 25.0 Å². The summed E-state index contributed by atoms with van der Waals surface area (Å²) in [4.78, 5) is 63.7. The van der Waals surface area contributed by atoms with Gasteiger partial charge in [-0.3, -0.25) is 24.7 Å². The molecule has 3 aromatic carbocycles. The lowest BCUT2D eigenvalue weighted by atomic mass is 9.90. The molecule has 14 nitrogen and oxygen atoms in total. The number of hydrogen-bond acceptors (Lipinski definition) is 7. The van der Waals surface area contributed by atoms with Crippen molar-refractivity contribution in [3.63, 3.8) is 0 Å². The lowest BCUT2D eigenvalue weighted by Gasteiger charge is -2.23. The highest BCUT2D eigenvalue weighted by molar-refractivity contribution is 9.09. The van der Waals surface area contributed by atoms with Crippen molar-refractivity contribution in [1.29, 1.82) is 0 Å². The van der Waals surface area contributed by atoms with Crippen LogP contribution < -0.4 is 32.3 Å². The molecule has 0 heterocycles. The van der Waals surface area contributed by atoms with Crippen LogP contribution in [0.5, 0.6) is 5.75 Å². The van der Waals surface area contributed by atoms with E-state index in [-0.39, 0.29) is 62.0 Å². The number of guanidine groups is 1. The minimum Gasteiger partial charge on any atom is -0.508 e. The average Bonchev–Trinajstić information content (AvgIpc) is 3.12.